The van der Waals surface area contributed by atoms with Crippen LogP contribution in [0.25, 0.3) is 11.1 Å². The van der Waals surface area contributed by atoms with Crippen LogP contribution in [0.15, 0.2) is 47.4 Å². The van der Waals surface area contributed by atoms with Gasteiger partial charge >= 0.3 is 0 Å². The molecule has 1 heterocycles. The maximum absolute atomic E-state index is 11.7. The Bertz CT molecular complexity index is 612. The van der Waals surface area contributed by atoms with Gasteiger partial charge in [-0.3, -0.25) is 9.59 Å². The summed E-state index contributed by atoms with van der Waals surface area (Å²) >= 11 is 0. The van der Waals surface area contributed by atoms with Crippen molar-refractivity contribution in [2.24, 2.45) is 0 Å². The van der Waals surface area contributed by atoms with E-state index in [1.807, 2.05) is 18.2 Å². The number of pyridine rings is 1. The van der Waals surface area contributed by atoms with Gasteiger partial charge in [0.2, 0.25) is 5.56 Å². The van der Waals surface area contributed by atoms with Crippen molar-refractivity contribution in [3.63, 3.8) is 0 Å². The molecule has 0 unspecified atom stereocenters. The molecular formula is C14H14N2O2. The molecule has 0 bridgehead atoms. The van der Waals surface area contributed by atoms with Crippen LogP contribution < -0.4 is 5.56 Å². The number of amides is 1. The number of aromatic amines is 1. The van der Waals surface area contributed by atoms with Crippen LogP contribution in [0.5, 0.6) is 0 Å². The van der Waals surface area contributed by atoms with Gasteiger partial charge in [-0.15, -0.1) is 0 Å². The van der Waals surface area contributed by atoms with Gasteiger partial charge in [0.25, 0.3) is 5.91 Å². The third kappa shape index (κ3) is 2.48. The number of carbonyl (C=O) groups is 1. The minimum atomic E-state index is -0.138. The van der Waals surface area contributed by atoms with Crippen molar-refractivity contribution in [3.8, 4) is 11.1 Å². The lowest BCUT2D eigenvalue weighted by atomic mass is 10.0. The number of nitrogens with zero attached hydrogens (tertiary/aromatic N) is 1. The summed E-state index contributed by atoms with van der Waals surface area (Å²) in [6.45, 7) is 0. The number of benzene rings is 1. The van der Waals surface area contributed by atoms with E-state index in [1.165, 1.54) is 11.0 Å². The molecule has 0 atom stereocenters. The molecule has 0 aliphatic heterocycles. The number of aromatic nitrogens is 1. The van der Waals surface area contributed by atoms with E-state index < -0.39 is 0 Å². The van der Waals surface area contributed by atoms with Crippen LogP contribution in [0.2, 0.25) is 0 Å². The van der Waals surface area contributed by atoms with Crippen molar-refractivity contribution in [2.75, 3.05) is 14.1 Å². The van der Waals surface area contributed by atoms with Crippen LogP contribution in [0.4, 0.5) is 0 Å². The molecular weight excluding hydrogens is 228 g/mol. The highest BCUT2D eigenvalue weighted by Crippen LogP contribution is 2.18. The Morgan fingerprint density at radius 3 is 2.28 bits per heavy atom. The SMILES string of the molecule is CN(C)C(=O)c1ccc(-c2cc[nH]c(=O)c2)cc1. The lowest BCUT2D eigenvalue weighted by Gasteiger charge is -2.10. The summed E-state index contributed by atoms with van der Waals surface area (Å²) in [4.78, 5) is 27.0. The van der Waals surface area contributed by atoms with Crippen molar-refractivity contribution >= 4 is 5.91 Å². The fourth-order valence-corrected chi connectivity index (χ4v) is 1.69. The van der Waals surface area contributed by atoms with E-state index in [4.69, 9.17) is 0 Å². The Kier molecular flexibility index (Phi) is 3.28. The molecule has 0 saturated carbocycles. The third-order valence-electron chi connectivity index (χ3n) is 2.65. The molecule has 0 radical (unpaired) electrons. The number of hydrogen-bond acceptors (Lipinski definition) is 2. The molecule has 18 heavy (non-hydrogen) atoms. The second-order valence-electron chi connectivity index (χ2n) is 4.22. The van der Waals surface area contributed by atoms with E-state index >= 15 is 0 Å². The molecule has 1 aromatic heterocycles. The standard InChI is InChI=1S/C14H14N2O2/c1-16(2)14(18)11-5-3-10(4-6-11)12-7-8-15-13(17)9-12/h3-9H,1-2H3,(H,15,17). The summed E-state index contributed by atoms with van der Waals surface area (Å²) in [6, 6.07) is 10.6. The molecule has 4 heteroatoms. The van der Waals surface area contributed by atoms with Gasteiger partial charge in [0, 0.05) is 31.9 Å². The van der Waals surface area contributed by atoms with Crippen LogP contribution in [0.1, 0.15) is 10.4 Å². The number of nitrogens with one attached hydrogen (secondary N) is 1. The number of H-pyrrole nitrogens is 1. The normalized spacial score (nSPS) is 10.1. The second kappa shape index (κ2) is 4.87. The molecule has 0 spiro atoms. The third-order valence-corrected chi connectivity index (χ3v) is 2.65. The fraction of sp³-hybridized carbons (Fsp3) is 0.143. The van der Waals surface area contributed by atoms with E-state index in [1.54, 1.807) is 32.4 Å². The Morgan fingerprint density at radius 1 is 1.06 bits per heavy atom. The summed E-state index contributed by atoms with van der Waals surface area (Å²) in [5.41, 5.74) is 2.24. The van der Waals surface area contributed by atoms with E-state index in [9.17, 15) is 9.59 Å². The highest BCUT2D eigenvalue weighted by Gasteiger charge is 2.07. The molecule has 4 nitrogen and oxygen atoms in total. The van der Waals surface area contributed by atoms with E-state index in [2.05, 4.69) is 4.98 Å². The van der Waals surface area contributed by atoms with Crippen molar-refractivity contribution in [1.29, 1.82) is 0 Å². The van der Waals surface area contributed by atoms with E-state index in [-0.39, 0.29) is 11.5 Å². The number of rotatable bonds is 2. The first-order valence-corrected chi connectivity index (χ1v) is 5.59. The largest absolute Gasteiger partial charge is 0.345 e. The molecule has 1 amide bonds. The Hall–Kier alpha value is -2.36. The van der Waals surface area contributed by atoms with Gasteiger partial charge < -0.3 is 9.88 Å². The highest BCUT2D eigenvalue weighted by molar-refractivity contribution is 5.94. The van der Waals surface area contributed by atoms with Crippen LogP contribution in [-0.4, -0.2) is 29.9 Å². The average molecular weight is 242 g/mol. The summed E-state index contributed by atoms with van der Waals surface area (Å²) in [5, 5.41) is 0. The van der Waals surface area contributed by atoms with Gasteiger partial charge in [-0.05, 0) is 29.3 Å². The Morgan fingerprint density at radius 2 is 1.72 bits per heavy atom. The molecule has 0 aliphatic rings. The first-order chi connectivity index (χ1) is 8.58. The van der Waals surface area contributed by atoms with Crippen LogP contribution in [-0.2, 0) is 0 Å². The smallest absolute Gasteiger partial charge is 0.253 e. The average Bonchev–Trinajstić information content (AvgIpc) is 2.38. The Balaban J connectivity index is 2.33. The van der Waals surface area contributed by atoms with Crippen molar-refractivity contribution < 1.29 is 4.79 Å². The summed E-state index contributed by atoms with van der Waals surface area (Å²) < 4.78 is 0. The van der Waals surface area contributed by atoms with E-state index in [0.717, 1.165) is 11.1 Å². The topological polar surface area (TPSA) is 53.2 Å². The predicted molar refractivity (Wildman–Crippen MR) is 70.5 cm³/mol. The first-order valence-electron chi connectivity index (χ1n) is 5.59. The van der Waals surface area contributed by atoms with E-state index in [0.29, 0.717) is 5.56 Å². The lowest BCUT2D eigenvalue weighted by molar-refractivity contribution is 0.0827. The first kappa shape index (κ1) is 12.1. The van der Waals surface area contributed by atoms with Gasteiger partial charge in [-0.1, -0.05) is 12.1 Å². The quantitative estimate of drug-likeness (QED) is 0.872. The van der Waals surface area contributed by atoms with Crippen molar-refractivity contribution in [1.82, 2.24) is 9.88 Å². The van der Waals surface area contributed by atoms with Gasteiger partial charge in [0.1, 0.15) is 0 Å². The zero-order valence-electron chi connectivity index (χ0n) is 10.3. The monoisotopic (exact) mass is 242 g/mol. The van der Waals surface area contributed by atoms with Crippen LogP contribution in [0.3, 0.4) is 0 Å². The fourth-order valence-electron chi connectivity index (χ4n) is 1.69. The van der Waals surface area contributed by atoms with Gasteiger partial charge in [-0.25, -0.2) is 0 Å². The molecule has 2 aromatic rings. The number of carbonyl (C=O) groups excluding carboxylic acids is 1. The molecule has 0 fully saturated rings. The van der Waals surface area contributed by atoms with Gasteiger partial charge in [-0.2, -0.15) is 0 Å². The lowest BCUT2D eigenvalue weighted by Crippen LogP contribution is -2.21. The van der Waals surface area contributed by atoms with Gasteiger partial charge in [0.05, 0.1) is 0 Å². The summed E-state index contributed by atoms with van der Waals surface area (Å²) in [6.07, 6.45) is 1.61. The number of hydrogen-bond donors (Lipinski definition) is 1. The maximum Gasteiger partial charge on any atom is 0.253 e. The molecule has 2 rings (SSSR count). The minimum absolute atomic E-state index is 0.0348. The second-order valence-corrected chi connectivity index (χ2v) is 4.22. The van der Waals surface area contributed by atoms with Crippen LogP contribution >= 0.6 is 0 Å². The minimum Gasteiger partial charge on any atom is -0.345 e. The van der Waals surface area contributed by atoms with Crippen molar-refractivity contribution in [3.05, 3.63) is 58.5 Å². The summed E-state index contributed by atoms with van der Waals surface area (Å²) in [7, 11) is 3.43. The molecule has 0 saturated heterocycles. The summed E-state index contributed by atoms with van der Waals surface area (Å²) in [5.74, 6) is -0.0348. The van der Waals surface area contributed by atoms with Gasteiger partial charge in [0.15, 0.2) is 0 Å². The van der Waals surface area contributed by atoms with Crippen molar-refractivity contribution in [2.45, 2.75) is 0 Å². The molecule has 1 N–H and O–H groups in total. The zero-order valence-corrected chi connectivity index (χ0v) is 10.3. The maximum atomic E-state index is 11.7. The Labute approximate surface area is 105 Å². The van der Waals surface area contributed by atoms with Crippen LogP contribution in [0, 0.1) is 0 Å². The molecule has 92 valence electrons. The highest BCUT2D eigenvalue weighted by atomic mass is 16.2. The predicted octanol–water partition coefficient (Wildman–Crippen LogP) is 1.74. The zero-order chi connectivity index (χ0) is 13.1. The molecule has 0 aliphatic carbocycles. The molecule has 1 aromatic carbocycles.